The van der Waals surface area contributed by atoms with Crippen LogP contribution in [0.15, 0.2) is 18.5 Å². The van der Waals surface area contributed by atoms with Gasteiger partial charge in [0.05, 0.1) is 0 Å². The van der Waals surface area contributed by atoms with Crippen LogP contribution in [0.1, 0.15) is 56.2 Å². The molecule has 1 aromatic rings. The first-order valence-corrected chi connectivity index (χ1v) is 6.97. The minimum absolute atomic E-state index is 0.615. The fourth-order valence-corrected chi connectivity index (χ4v) is 2.80. The zero-order valence-corrected chi connectivity index (χ0v) is 11.2. The highest BCUT2D eigenvalue weighted by Gasteiger charge is 2.24. The van der Waals surface area contributed by atoms with Crippen molar-refractivity contribution < 1.29 is 0 Å². The van der Waals surface area contributed by atoms with Gasteiger partial charge in [0.2, 0.25) is 0 Å². The molecule has 2 heterocycles. The Morgan fingerprint density at radius 1 is 1.41 bits per heavy atom. The maximum Gasteiger partial charge on any atom is 0.0366 e. The summed E-state index contributed by atoms with van der Waals surface area (Å²) in [5.74, 6) is 0. The number of hydrogen-bond donors (Lipinski definition) is 0. The van der Waals surface area contributed by atoms with Crippen LogP contribution in [0, 0.1) is 6.92 Å². The molecule has 1 atom stereocenters. The Balaban J connectivity index is 2.13. The van der Waals surface area contributed by atoms with Crippen molar-refractivity contribution in [1.29, 1.82) is 0 Å². The normalized spacial score (nSPS) is 21.6. The molecule has 0 bridgehead atoms. The van der Waals surface area contributed by atoms with Crippen LogP contribution in [0.4, 0.5) is 0 Å². The lowest BCUT2D eigenvalue weighted by Crippen LogP contribution is -2.34. The van der Waals surface area contributed by atoms with E-state index in [0.29, 0.717) is 6.04 Å². The van der Waals surface area contributed by atoms with Crippen molar-refractivity contribution >= 4 is 0 Å². The van der Waals surface area contributed by atoms with Crippen molar-refractivity contribution in [2.45, 2.75) is 52.0 Å². The Labute approximate surface area is 105 Å². The van der Waals surface area contributed by atoms with Gasteiger partial charge in [-0.25, -0.2) is 0 Å². The van der Waals surface area contributed by atoms with Gasteiger partial charge in [-0.3, -0.25) is 9.88 Å². The van der Waals surface area contributed by atoms with Gasteiger partial charge in [0.1, 0.15) is 0 Å². The number of likely N-dealkylation sites (tertiary alicyclic amines) is 1. The lowest BCUT2D eigenvalue weighted by Gasteiger charge is -2.36. The standard InChI is InChI=1S/C15H24N2/c1-3-4-10-17-11-6-5-7-15(17)14-12-16-9-8-13(14)2/h8-9,12,15H,3-7,10-11H2,1-2H3. The topological polar surface area (TPSA) is 16.1 Å². The molecule has 0 aliphatic carbocycles. The molecule has 2 rings (SSSR count). The summed E-state index contributed by atoms with van der Waals surface area (Å²) < 4.78 is 0. The molecule has 0 aromatic carbocycles. The average Bonchev–Trinajstić information content (AvgIpc) is 2.37. The van der Waals surface area contributed by atoms with E-state index in [1.807, 2.05) is 6.20 Å². The van der Waals surface area contributed by atoms with Crippen LogP contribution < -0.4 is 0 Å². The molecule has 1 fully saturated rings. The molecule has 2 heteroatoms. The first-order valence-electron chi connectivity index (χ1n) is 6.97. The highest BCUT2D eigenvalue weighted by molar-refractivity contribution is 5.25. The second kappa shape index (κ2) is 6.15. The van der Waals surface area contributed by atoms with E-state index in [9.17, 15) is 0 Å². The van der Waals surface area contributed by atoms with Crippen molar-refractivity contribution in [1.82, 2.24) is 9.88 Å². The van der Waals surface area contributed by atoms with E-state index in [-0.39, 0.29) is 0 Å². The molecular formula is C15H24N2. The highest BCUT2D eigenvalue weighted by Crippen LogP contribution is 2.32. The maximum atomic E-state index is 4.31. The Morgan fingerprint density at radius 3 is 3.06 bits per heavy atom. The van der Waals surface area contributed by atoms with Gasteiger partial charge >= 0.3 is 0 Å². The van der Waals surface area contributed by atoms with Crippen LogP contribution >= 0.6 is 0 Å². The van der Waals surface area contributed by atoms with Crippen molar-refractivity contribution in [2.75, 3.05) is 13.1 Å². The predicted octanol–water partition coefficient (Wildman–Crippen LogP) is 3.72. The summed E-state index contributed by atoms with van der Waals surface area (Å²) in [6.07, 6.45) is 10.6. The van der Waals surface area contributed by atoms with E-state index in [1.165, 1.54) is 56.3 Å². The third-order valence-corrected chi connectivity index (χ3v) is 3.85. The molecule has 0 saturated carbocycles. The van der Waals surface area contributed by atoms with Crippen LogP contribution in [0.3, 0.4) is 0 Å². The van der Waals surface area contributed by atoms with Gasteiger partial charge in [-0.05, 0) is 56.5 Å². The Bertz CT molecular complexity index is 349. The Morgan fingerprint density at radius 2 is 2.29 bits per heavy atom. The van der Waals surface area contributed by atoms with Gasteiger partial charge < -0.3 is 0 Å². The van der Waals surface area contributed by atoms with Crippen molar-refractivity contribution in [3.63, 3.8) is 0 Å². The first kappa shape index (κ1) is 12.6. The molecule has 0 amide bonds. The number of hydrogen-bond acceptors (Lipinski definition) is 2. The van der Waals surface area contributed by atoms with Gasteiger partial charge in [-0.15, -0.1) is 0 Å². The lowest BCUT2D eigenvalue weighted by atomic mass is 9.93. The van der Waals surface area contributed by atoms with E-state index in [0.717, 1.165) is 0 Å². The zero-order valence-electron chi connectivity index (χ0n) is 11.2. The number of aromatic nitrogens is 1. The van der Waals surface area contributed by atoms with Gasteiger partial charge in [-0.1, -0.05) is 19.8 Å². The number of piperidine rings is 1. The molecule has 1 unspecified atom stereocenters. The van der Waals surface area contributed by atoms with Gasteiger partial charge in [0.15, 0.2) is 0 Å². The van der Waals surface area contributed by atoms with Crippen molar-refractivity contribution in [3.8, 4) is 0 Å². The summed E-state index contributed by atoms with van der Waals surface area (Å²) in [5, 5.41) is 0. The number of aryl methyl sites for hydroxylation is 1. The number of pyridine rings is 1. The highest BCUT2D eigenvalue weighted by atomic mass is 15.2. The van der Waals surface area contributed by atoms with Gasteiger partial charge in [0.25, 0.3) is 0 Å². The van der Waals surface area contributed by atoms with Crippen molar-refractivity contribution in [2.24, 2.45) is 0 Å². The third kappa shape index (κ3) is 3.06. The fraction of sp³-hybridized carbons (Fsp3) is 0.667. The number of nitrogens with zero attached hydrogens (tertiary/aromatic N) is 2. The third-order valence-electron chi connectivity index (χ3n) is 3.85. The molecule has 1 aliphatic rings. The van der Waals surface area contributed by atoms with Crippen LogP contribution in [-0.4, -0.2) is 23.0 Å². The molecule has 2 nitrogen and oxygen atoms in total. The summed E-state index contributed by atoms with van der Waals surface area (Å²) in [6.45, 7) is 6.99. The molecule has 17 heavy (non-hydrogen) atoms. The van der Waals surface area contributed by atoms with Crippen LogP contribution in [-0.2, 0) is 0 Å². The SMILES string of the molecule is CCCCN1CCCCC1c1cnccc1C. The summed E-state index contributed by atoms with van der Waals surface area (Å²) in [4.78, 5) is 6.97. The summed E-state index contributed by atoms with van der Waals surface area (Å²) in [5.41, 5.74) is 2.84. The van der Waals surface area contributed by atoms with E-state index >= 15 is 0 Å². The predicted molar refractivity (Wildman–Crippen MR) is 72.0 cm³/mol. The van der Waals surface area contributed by atoms with Gasteiger partial charge in [-0.2, -0.15) is 0 Å². The van der Waals surface area contributed by atoms with E-state index in [2.05, 4.69) is 36.0 Å². The summed E-state index contributed by atoms with van der Waals surface area (Å²) in [6, 6.07) is 2.76. The average molecular weight is 232 g/mol. The summed E-state index contributed by atoms with van der Waals surface area (Å²) >= 11 is 0. The Kier molecular flexibility index (Phi) is 4.55. The minimum atomic E-state index is 0.615. The van der Waals surface area contributed by atoms with Crippen LogP contribution in [0.25, 0.3) is 0 Å². The quantitative estimate of drug-likeness (QED) is 0.786. The van der Waals surface area contributed by atoms with E-state index in [1.54, 1.807) is 0 Å². The van der Waals surface area contributed by atoms with Crippen molar-refractivity contribution in [3.05, 3.63) is 29.6 Å². The monoisotopic (exact) mass is 232 g/mol. The molecule has 0 N–H and O–H groups in total. The van der Waals surface area contributed by atoms with E-state index in [4.69, 9.17) is 0 Å². The Hall–Kier alpha value is -0.890. The molecule has 0 spiro atoms. The molecule has 94 valence electrons. The number of unbranched alkanes of at least 4 members (excludes halogenated alkanes) is 1. The fourth-order valence-electron chi connectivity index (χ4n) is 2.80. The van der Waals surface area contributed by atoms with Crippen LogP contribution in [0.5, 0.6) is 0 Å². The second-order valence-corrected chi connectivity index (χ2v) is 5.13. The van der Waals surface area contributed by atoms with Gasteiger partial charge in [0, 0.05) is 18.4 Å². The maximum absolute atomic E-state index is 4.31. The first-order chi connectivity index (χ1) is 8.33. The molecular weight excluding hydrogens is 208 g/mol. The lowest BCUT2D eigenvalue weighted by molar-refractivity contribution is 0.146. The molecule has 1 aromatic heterocycles. The zero-order chi connectivity index (χ0) is 12.1. The summed E-state index contributed by atoms with van der Waals surface area (Å²) in [7, 11) is 0. The van der Waals surface area contributed by atoms with Crippen LogP contribution in [0.2, 0.25) is 0 Å². The smallest absolute Gasteiger partial charge is 0.0366 e. The molecule has 1 aliphatic heterocycles. The number of rotatable bonds is 4. The van der Waals surface area contributed by atoms with E-state index < -0.39 is 0 Å². The molecule has 1 saturated heterocycles. The largest absolute Gasteiger partial charge is 0.296 e. The minimum Gasteiger partial charge on any atom is -0.296 e. The second-order valence-electron chi connectivity index (χ2n) is 5.13. The molecule has 0 radical (unpaired) electrons.